The van der Waals surface area contributed by atoms with Crippen LogP contribution in [0.25, 0.3) is 0 Å². The van der Waals surface area contributed by atoms with Gasteiger partial charge < -0.3 is 9.64 Å². The van der Waals surface area contributed by atoms with Crippen molar-refractivity contribution in [1.82, 2.24) is 4.90 Å². The number of benzene rings is 1. The Morgan fingerprint density at radius 2 is 1.95 bits per heavy atom. The minimum atomic E-state index is 0.184. The first-order valence-electron chi connectivity index (χ1n) is 15.4. The van der Waals surface area contributed by atoms with E-state index in [-0.39, 0.29) is 11.9 Å². The normalized spacial score (nSPS) is 39.7. The topological polar surface area (TPSA) is 53.3 Å². The molecule has 4 saturated carbocycles. The number of rotatable bonds is 5. The highest BCUT2D eigenvalue weighted by Gasteiger charge is 2.58. The van der Waals surface area contributed by atoms with Crippen LogP contribution in [0.3, 0.4) is 0 Å². The average Bonchev–Trinajstić information content (AvgIpc) is 3.28. The summed E-state index contributed by atoms with van der Waals surface area (Å²) in [6.45, 7) is 9.69. The Labute approximate surface area is 224 Å². The van der Waals surface area contributed by atoms with Crippen molar-refractivity contribution in [3.8, 4) is 6.07 Å². The molecule has 4 aliphatic carbocycles. The number of carbonyl (C=O) groups is 1. The molecule has 200 valence electrons. The number of nitrogens with zero attached hydrogens (tertiary/aromatic N) is 2. The van der Waals surface area contributed by atoms with Gasteiger partial charge in [0.1, 0.15) is 0 Å². The molecule has 0 bridgehead atoms. The van der Waals surface area contributed by atoms with Crippen molar-refractivity contribution in [3.05, 3.63) is 34.9 Å². The van der Waals surface area contributed by atoms with E-state index in [1.165, 1.54) is 57.8 Å². The lowest BCUT2D eigenvalue weighted by Gasteiger charge is -2.57. The van der Waals surface area contributed by atoms with Gasteiger partial charge in [-0.2, -0.15) is 5.26 Å². The van der Waals surface area contributed by atoms with E-state index in [0.29, 0.717) is 16.9 Å². The number of hydrogen-bond donors (Lipinski definition) is 0. The number of carbonyl (C=O) groups excluding carboxylic acids is 1. The molecule has 37 heavy (non-hydrogen) atoms. The van der Waals surface area contributed by atoms with Crippen LogP contribution in [0.5, 0.6) is 0 Å². The fraction of sp³-hybridized carbons (Fsp3) is 0.758. The fourth-order valence-electron chi connectivity index (χ4n) is 10.4. The van der Waals surface area contributed by atoms with Crippen molar-refractivity contribution in [2.75, 3.05) is 19.8 Å². The number of ether oxygens (including phenoxy) is 1. The second-order valence-corrected chi connectivity index (χ2v) is 13.5. The Morgan fingerprint density at radius 3 is 2.76 bits per heavy atom. The highest BCUT2D eigenvalue weighted by Crippen LogP contribution is 2.65. The third-order valence-corrected chi connectivity index (χ3v) is 12.1. The van der Waals surface area contributed by atoms with Crippen LogP contribution in [0.15, 0.2) is 18.2 Å². The molecule has 9 atom stereocenters. The van der Waals surface area contributed by atoms with Crippen LogP contribution in [0.4, 0.5) is 0 Å². The minimum Gasteiger partial charge on any atom is -0.381 e. The highest BCUT2D eigenvalue weighted by atomic mass is 16.5. The zero-order valence-corrected chi connectivity index (χ0v) is 23.3. The Balaban J connectivity index is 1.15. The molecule has 0 spiro atoms. The summed E-state index contributed by atoms with van der Waals surface area (Å²) in [5.41, 5.74) is 2.90. The van der Waals surface area contributed by atoms with Crippen molar-refractivity contribution in [3.63, 3.8) is 0 Å². The van der Waals surface area contributed by atoms with Crippen molar-refractivity contribution in [1.29, 1.82) is 5.26 Å². The third-order valence-electron chi connectivity index (χ3n) is 12.1. The molecule has 1 aliphatic heterocycles. The highest BCUT2D eigenvalue weighted by molar-refractivity contribution is 5.97. The van der Waals surface area contributed by atoms with Crippen LogP contribution in [-0.4, -0.2) is 36.6 Å². The van der Waals surface area contributed by atoms with Crippen LogP contribution in [-0.2, 0) is 11.2 Å². The standard InChI is InChI=1S/C33H46N2O2/c1-4-37-20-23-6-8-26-24(18-23)7-10-29-28(26)13-15-33(3)30(11-12-31(29)33)21(2)35-16-14-25-17-22(19-34)5-9-27(25)32(35)36/h5,9,17,21,23-24,26,28-31H,4,6-8,10-16,18,20H2,1-3H3/t21-,23+,24-,26+,28?,29-,30?,31?,33-/m1/s1. The largest absolute Gasteiger partial charge is 0.381 e. The van der Waals surface area contributed by atoms with Crippen LogP contribution in [0, 0.1) is 58.2 Å². The van der Waals surface area contributed by atoms with Crippen molar-refractivity contribution < 1.29 is 9.53 Å². The SMILES string of the molecule is CCOC[C@H]1CC[C@@H]2C3CC[C@@]4(C)C(CCC4[C@@H](C)N4CCc5cc(C#N)ccc5C4=O)[C@@H]3CC[C@@H]2C1. The maximum atomic E-state index is 13.6. The zero-order valence-electron chi connectivity index (χ0n) is 23.3. The Morgan fingerprint density at radius 1 is 1.11 bits per heavy atom. The molecule has 4 heteroatoms. The van der Waals surface area contributed by atoms with Gasteiger partial charge in [0.25, 0.3) is 5.91 Å². The van der Waals surface area contributed by atoms with Crippen molar-refractivity contribution in [2.45, 2.75) is 91.0 Å². The smallest absolute Gasteiger partial charge is 0.254 e. The molecule has 0 radical (unpaired) electrons. The first-order valence-corrected chi connectivity index (χ1v) is 15.4. The molecule has 4 nitrogen and oxygen atoms in total. The van der Waals surface area contributed by atoms with E-state index in [9.17, 15) is 10.1 Å². The summed E-state index contributed by atoms with van der Waals surface area (Å²) in [5, 5.41) is 9.27. The van der Waals surface area contributed by atoms with Crippen molar-refractivity contribution >= 4 is 5.91 Å². The quantitative estimate of drug-likeness (QED) is 0.442. The fourth-order valence-corrected chi connectivity index (χ4v) is 10.4. The minimum absolute atomic E-state index is 0.184. The lowest BCUT2D eigenvalue weighted by Crippen LogP contribution is -2.53. The molecule has 6 rings (SSSR count). The van der Waals surface area contributed by atoms with E-state index in [0.717, 1.165) is 72.8 Å². The molecule has 1 aromatic rings. The van der Waals surface area contributed by atoms with Crippen LogP contribution >= 0.6 is 0 Å². The molecule has 0 saturated heterocycles. The molecule has 0 aromatic heterocycles. The Bertz CT molecular complexity index is 1060. The molecule has 5 aliphatic rings. The first kappa shape index (κ1) is 25.4. The summed E-state index contributed by atoms with van der Waals surface area (Å²) in [7, 11) is 0. The number of fused-ring (bicyclic) bond motifs is 6. The molecule has 1 amide bonds. The summed E-state index contributed by atoms with van der Waals surface area (Å²) < 4.78 is 5.81. The number of hydrogen-bond acceptors (Lipinski definition) is 3. The molecule has 1 heterocycles. The average molecular weight is 503 g/mol. The summed E-state index contributed by atoms with van der Waals surface area (Å²) in [4.78, 5) is 15.8. The van der Waals surface area contributed by atoms with E-state index >= 15 is 0 Å². The third kappa shape index (κ3) is 4.25. The van der Waals surface area contributed by atoms with Gasteiger partial charge in [0.05, 0.1) is 11.6 Å². The summed E-state index contributed by atoms with van der Waals surface area (Å²) in [5.74, 6) is 6.16. The van der Waals surface area contributed by atoms with Gasteiger partial charge in [-0.05, 0) is 149 Å². The van der Waals surface area contributed by atoms with E-state index in [2.05, 4.69) is 31.7 Å². The zero-order chi connectivity index (χ0) is 25.7. The van der Waals surface area contributed by atoms with Crippen molar-refractivity contribution in [2.24, 2.45) is 46.8 Å². The van der Waals surface area contributed by atoms with E-state index in [1.807, 2.05) is 12.1 Å². The van der Waals surface area contributed by atoms with Gasteiger partial charge in [0, 0.05) is 31.4 Å². The van der Waals surface area contributed by atoms with Crippen LogP contribution in [0.2, 0.25) is 0 Å². The van der Waals surface area contributed by atoms with Gasteiger partial charge >= 0.3 is 0 Å². The van der Waals surface area contributed by atoms with Gasteiger partial charge in [-0.25, -0.2) is 0 Å². The summed E-state index contributed by atoms with van der Waals surface area (Å²) in [6, 6.07) is 8.13. The van der Waals surface area contributed by atoms with E-state index in [4.69, 9.17) is 4.74 Å². The van der Waals surface area contributed by atoms with Gasteiger partial charge in [-0.15, -0.1) is 0 Å². The molecular formula is C33H46N2O2. The second-order valence-electron chi connectivity index (χ2n) is 13.5. The predicted octanol–water partition coefficient (Wildman–Crippen LogP) is 6.87. The van der Waals surface area contributed by atoms with Gasteiger partial charge in [0.15, 0.2) is 0 Å². The lowest BCUT2D eigenvalue weighted by atomic mass is 9.49. The molecule has 4 fully saturated rings. The lowest BCUT2D eigenvalue weighted by molar-refractivity contribution is -0.0795. The molecule has 1 aromatic carbocycles. The molecule has 3 unspecified atom stereocenters. The monoisotopic (exact) mass is 502 g/mol. The molecule has 0 N–H and O–H groups in total. The second kappa shape index (κ2) is 10.0. The maximum Gasteiger partial charge on any atom is 0.254 e. The maximum absolute atomic E-state index is 13.6. The summed E-state index contributed by atoms with van der Waals surface area (Å²) in [6.07, 6.45) is 13.4. The number of nitriles is 1. The number of amides is 1. The van der Waals surface area contributed by atoms with Gasteiger partial charge in [-0.3, -0.25) is 4.79 Å². The Hall–Kier alpha value is -1.86. The van der Waals surface area contributed by atoms with Crippen LogP contribution < -0.4 is 0 Å². The molecular weight excluding hydrogens is 456 g/mol. The van der Waals surface area contributed by atoms with E-state index in [1.54, 1.807) is 6.07 Å². The van der Waals surface area contributed by atoms with Gasteiger partial charge in [0.2, 0.25) is 0 Å². The predicted molar refractivity (Wildman–Crippen MR) is 146 cm³/mol. The van der Waals surface area contributed by atoms with Gasteiger partial charge in [-0.1, -0.05) is 6.92 Å². The van der Waals surface area contributed by atoms with E-state index < -0.39 is 0 Å². The Kier molecular flexibility index (Phi) is 6.89. The van der Waals surface area contributed by atoms with Crippen LogP contribution in [0.1, 0.15) is 100 Å². The first-order chi connectivity index (χ1) is 17.9. The summed E-state index contributed by atoms with van der Waals surface area (Å²) >= 11 is 0.